The van der Waals surface area contributed by atoms with Crippen molar-refractivity contribution in [3.05, 3.63) is 35.5 Å². The van der Waals surface area contributed by atoms with Gasteiger partial charge in [-0.1, -0.05) is 17.7 Å². The molecule has 6 nitrogen and oxygen atoms in total. The lowest BCUT2D eigenvalue weighted by Gasteiger charge is -2.15. The van der Waals surface area contributed by atoms with Gasteiger partial charge in [0.05, 0.1) is 12.2 Å². The number of ether oxygens (including phenoxy) is 3. The van der Waals surface area contributed by atoms with Gasteiger partial charge in [-0.15, -0.1) is 0 Å². The van der Waals surface area contributed by atoms with Crippen molar-refractivity contribution in [3.63, 3.8) is 0 Å². The first-order valence-corrected chi connectivity index (χ1v) is 7.91. The van der Waals surface area contributed by atoms with Gasteiger partial charge in [-0.3, -0.25) is 5.32 Å². The van der Waals surface area contributed by atoms with Gasteiger partial charge in [-0.2, -0.15) is 0 Å². The lowest BCUT2D eigenvalue weighted by molar-refractivity contribution is -0.141. The highest BCUT2D eigenvalue weighted by molar-refractivity contribution is 5.92. The molecule has 1 N–H and O–H groups in total. The summed E-state index contributed by atoms with van der Waals surface area (Å²) in [6, 6.07) is 0. The number of rotatable bonds is 11. The summed E-state index contributed by atoms with van der Waals surface area (Å²) in [4.78, 5) is 22.9. The third kappa shape index (κ3) is 10.7. The van der Waals surface area contributed by atoms with Crippen LogP contribution in [0.1, 0.15) is 34.6 Å². The van der Waals surface area contributed by atoms with E-state index in [4.69, 9.17) is 14.2 Å². The molecule has 0 heterocycles. The Labute approximate surface area is 144 Å². The highest BCUT2D eigenvalue weighted by Gasteiger charge is 2.10. The third-order valence-electron chi connectivity index (χ3n) is 2.82. The second kappa shape index (κ2) is 12.5. The molecule has 6 heteroatoms. The van der Waals surface area contributed by atoms with E-state index in [-0.39, 0.29) is 32.0 Å². The van der Waals surface area contributed by atoms with Gasteiger partial charge in [0.15, 0.2) is 0 Å². The van der Waals surface area contributed by atoms with Gasteiger partial charge in [-0.25, -0.2) is 9.59 Å². The maximum Gasteiger partial charge on any atom is 0.338 e. The number of nitrogens with one attached hydrogen (secondary N) is 1. The molecular formula is C18H29NO5. The minimum Gasteiger partial charge on any atom is -0.461 e. The van der Waals surface area contributed by atoms with Crippen LogP contribution in [-0.2, 0) is 23.8 Å². The molecule has 0 aliphatic carbocycles. The third-order valence-corrected chi connectivity index (χ3v) is 2.82. The zero-order valence-electron chi connectivity index (χ0n) is 15.3. The Morgan fingerprint density at radius 2 is 1.75 bits per heavy atom. The van der Waals surface area contributed by atoms with E-state index < -0.39 is 5.97 Å². The number of hydrogen-bond donors (Lipinski definition) is 1. The minimum atomic E-state index is -0.455. The van der Waals surface area contributed by atoms with E-state index in [1.807, 2.05) is 40.7 Å². The van der Waals surface area contributed by atoms with Crippen molar-refractivity contribution in [2.75, 3.05) is 26.4 Å². The topological polar surface area (TPSA) is 73.9 Å². The first kappa shape index (κ1) is 22.1. The zero-order valence-corrected chi connectivity index (χ0v) is 15.3. The van der Waals surface area contributed by atoms with Crippen molar-refractivity contribution in [3.8, 4) is 0 Å². The van der Waals surface area contributed by atoms with Crippen molar-refractivity contribution < 1.29 is 23.8 Å². The lowest BCUT2D eigenvalue weighted by Crippen LogP contribution is -2.33. The van der Waals surface area contributed by atoms with Gasteiger partial charge >= 0.3 is 11.9 Å². The first-order chi connectivity index (χ1) is 11.3. The van der Waals surface area contributed by atoms with Crippen molar-refractivity contribution in [2.24, 2.45) is 0 Å². The maximum atomic E-state index is 12.0. The van der Waals surface area contributed by atoms with E-state index in [9.17, 15) is 9.59 Å². The van der Waals surface area contributed by atoms with Gasteiger partial charge in [0.25, 0.3) is 0 Å². The van der Waals surface area contributed by atoms with Gasteiger partial charge in [0, 0.05) is 12.6 Å². The van der Waals surface area contributed by atoms with Gasteiger partial charge in [-0.05, 0) is 40.7 Å². The Morgan fingerprint density at radius 1 is 1.08 bits per heavy atom. The summed E-state index contributed by atoms with van der Waals surface area (Å²) < 4.78 is 15.5. The average molecular weight is 339 g/mol. The van der Waals surface area contributed by atoms with E-state index in [2.05, 4.69) is 11.9 Å². The minimum absolute atomic E-state index is 0.170. The normalized spacial score (nSPS) is 11.2. The summed E-state index contributed by atoms with van der Waals surface area (Å²) >= 11 is 0. The Bertz CT molecular complexity index is 486. The Hall–Kier alpha value is -1.92. The van der Waals surface area contributed by atoms with Crippen LogP contribution in [-0.4, -0.2) is 44.5 Å². The Morgan fingerprint density at radius 3 is 2.29 bits per heavy atom. The predicted molar refractivity (Wildman–Crippen MR) is 93.3 cm³/mol. The second-order valence-electron chi connectivity index (χ2n) is 5.61. The molecular weight excluding hydrogens is 310 g/mol. The first-order valence-electron chi connectivity index (χ1n) is 7.91. The zero-order chi connectivity index (χ0) is 18.5. The molecule has 0 saturated carbocycles. The molecule has 0 radical (unpaired) electrons. The van der Waals surface area contributed by atoms with Crippen LogP contribution in [0.2, 0.25) is 0 Å². The Balaban J connectivity index is 3.97. The van der Waals surface area contributed by atoms with Gasteiger partial charge in [0.2, 0.25) is 0 Å². The summed E-state index contributed by atoms with van der Waals surface area (Å²) in [7, 11) is 0. The molecule has 0 amide bonds. The molecule has 0 aromatic carbocycles. The van der Waals surface area contributed by atoms with Crippen LogP contribution < -0.4 is 5.32 Å². The van der Waals surface area contributed by atoms with Crippen LogP contribution >= 0.6 is 0 Å². The summed E-state index contributed by atoms with van der Waals surface area (Å²) in [6.45, 7) is 13.9. The number of carbonyl (C=O) groups is 2. The quantitative estimate of drug-likeness (QED) is 0.205. The van der Waals surface area contributed by atoms with Crippen molar-refractivity contribution >= 4 is 11.9 Å². The fraction of sp³-hybridized carbons (Fsp3) is 0.556. The van der Waals surface area contributed by atoms with E-state index in [0.717, 1.165) is 17.2 Å². The van der Waals surface area contributed by atoms with Crippen molar-refractivity contribution in [1.82, 2.24) is 5.32 Å². The predicted octanol–water partition coefficient (Wildman–Crippen LogP) is 2.51. The highest BCUT2D eigenvalue weighted by atomic mass is 16.6. The summed E-state index contributed by atoms with van der Waals surface area (Å²) in [5, 5.41) is 3.02. The molecule has 0 bridgehead atoms. The van der Waals surface area contributed by atoms with Crippen LogP contribution in [0.3, 0.4) is 0 Å². The molecule has 0 rings (SSSR count). The van der Waals surface area contributed by atoms with Gasteiger partial charge in [0.1, 0.15) is 19.4 Å². The van der Waals surface area contributed by atoms with E-state index in [0.29, 0.717) is 12.1 Å². The monoisotopic (exact) mass is 339 g/mol. The molecule has 0 spiro atoms. The summed E-state index contributed by atoms with van der Waals surface area (Å²) in [5.41, 5.74) is 2.52. The molecule has 0 aromatic rings. The van der Waals surface area contributed by atoms with Crippen molar-refractivity contribution in [1.29, 1.82) is 0 Å². The van der Waals surface area contributed by atoms with Crippen LogP contribution in [0.25, 0.3) is 0 Å². The SMILES string of the molecule is C=CC(=O)OCCNC(C)OCCOC(=O)C(C=C(C)C)=C(C)C. The number of carbonyl (C=O) groups excluding carboxylic acids is 2. The molecule has 0 fully saturated rings. The molecule has 0 aromatic heterocycles. The lowest BCUT2D eigenvalue weighted by atomic mass is 10.1. The summed E-state index contributed by atoms with van der Waals surface area (Å²) in [5.74, 6) is -0.805. The number of hydrogen-bond acceptors (Lipinski definition) is 6. The van der Waals surface area contributed by atoms with E-state index >= 15 is 0 Å². The standard InChI is InChI=1S/C18H29NO5/c1-7-17(20)23-9-8-19-15(6)22-10-11-24-18(21)16(14(4)5)12-13(2)3/h7,12,15,19H,1,8-11H2,2-6H3. The molecule has 0 saturated heterocycles. The molecule has 1 unspecified atom stereocenters. The molecule has 136 valence electrons. The number of allylic oxidation sites excluding steroid dienone is 2. The largest absolute Gasteiger partial charge is 0.461 e. The van der Waals surface area contributed by atoms with Crippen LogP contribution in [0.15, 0.2) is 35.5 Å². The van der Waals surface area contributed by atoms with Crippen molar-refractivity contribution in [2.45, 2.75) is 40.8 Å². The van der Waals surface area contributed by atoms with E-state index in [1.54, 1.807) is 0 Å². The summed E-state index contributed by atoms with van der Waals surface area (Å²) in [6.07, 6.45) is 2.68. The van der Waals surface area contributed by atoms with E-state index in [1.165, 1.54) is 0 Å². The van der Waals surface area contributed by atoms with Crippen LogP contribution in [0.5, 0.6) is 0 Å². The fourth-order valence-corrected chi connectivity index (χ4v) is 1.66. The molecule has 0 aliphatic heterocycles. The van der Waals surface area contributed by atoms with Gasteiger partial charge < -0.3 is 14.2 Å². The highest BCUT2D eigenvalue weighted by Crippen LogP contribution is 2.10. The van der Waals surface area contributed by atoms with Crippen LogP contribution in [0.4, 0.5) is 0 Å². The fourth-order valence-electron chi connectivity index (χ4n) is 1.66. The molecule has 24 heavy (non-hydrogen) atoms. The smallest absolute Gasteiger partial charge is 0.338 e. The number of esters is 2. The maximum absolute atomic E-state index is 12.0. The Kier molecular flexibility index (Phi) is 11.5. The molecule has 1 atom stereocenters. The second-order valence-corrected chi connectivity index (χ2v) is 5.61. The molecule has 0 aliphatic rings. The van der Waals surface area contributed by atoms with Crippen LogP contribution in [0, 0.1) is 0 Å². The average Bonchev–Trinajstić information content (AvgIpc) is 2.52.